The van der Waals surface area contributed by atoms with Crippen molar-refractivity contribution in [3.05, 3.63) is 41.3 Å². The van der Waals surface area contributed by atoms with Gasteiger partial charge in [-0.15, -0.1) is 0 Å². The quantitative estimate of drug-likeness (QED) is 0.564. The molecule has 2 N–H and O–H groups in total. The first-order chi connectivity index (χ1) is 17.2. The van der Waals surface area contributed by atoms with Gasteiger partial charge < -0.3 is 25.0 Å². The summed E-state index contributed by atoms with van der Waals surface area (Å²) in [7, 11) is 0. The third-order valence-electron chi connectivity index (χ3n) is 6.26. The number of nitrogens with zero attached hydrogens (tertiary/aromatic N) is 3. The third kappa shape index (κ3) is 7.07. The van der Waals surface area contributed by atoms with Gasteiger partial charge in [-0.3, -0.25) is 9.78 Å². The third-order valence-corrected chi connectivity index (χ3v) is 6.47. The number of pyridine rings is 2. The van der Waals surface area contributed by atoms with Gasteiger partial charge in [0.2, 0.25) is 0 Å². The maximum atomic E-state index is 12.7. The van der Waals surface area contributed by atoms with E-state index in [-0.39, 0.29) is 24.1 Å². The number of hydrogen-bond acceptors (Lipinski definition) is 7. The number of anilines is 1. The van der Waals surface area contributed by atoms with E-state index >= 15 is 0 Å². The monoisotopic (exact) mass is 515 g/mol. The van der Waals surface area contributed by atoms with Gasteiger partial charge in [0.25, 0.3) is 5.91 Å². The van der Waals surface area contributed by atoms with E-state index in [1.807, 2.05) is 26.8 Å². The minimum Gasteiger partial charge on any atom is -0.444 e. The number of alkyl carbamates (subject to hydrolysis) is 1. The molecule has 10 heteroatoms. The molecule has 0 aromatic carbocycles. The molecular weight excluding hydrogens is 482 g/mol. The maximum absolute atomic E-state index is 12.7. The lowest BCUT2D eigenvalue weighted by atomic mass is 9.91. The highest BCUT2D eigenvalue weighted by atomic mass is 35.5. The zero-order valence-corrected chi connectivity index (χ0v) is 21.8. The highest BCUT2D eigenvalue weighted by Gasteiger charge is 2.26. The van der Waals surface area contributed by atoms with E-state index in [0.29, 0.717) is 42.7 Å². The lowest BCUT2D eigenvalue weighted by Gasteiger charge is -2.31. The highest BCUT2D eigenvalue weighted by molar-refractivity contribution is 6.29. The van der Waals surface area contributed by atoms with Gasteiger partial charge in [-0.25, -0.2) is 9.78 Å². The molecule has 2 aromatic heterocycles. The molecule has 0 bridgehead atoms. The summed E-state index contributed by atoms with van der Waals surface area (Å²) in [5, 5.41) is 6.96. The Kier molecular flexibility index (Phi) is 8.31. The molecule has 194 valence electrons. The van der Waals surface area contributed by atoms with Gasteiger partial charge >= 0.3 is 6.09 Å². The summed E-state index contributed by atoms with van der Waals surface area (Å²) >= 11 is 6.21. The molecule has 1 saturated carbocycles. The first-order valence-electron chi connectivity index (χ1n) is 12.4. The van der Waals surface area contributed by atoms with Crippen LogP contribution in [0.5, 0.6) is 0 Å². The number of halogens is 1. The van der Waals surface area contributed by atoms with Crippen LogP contribution >= 0.6 is 11.6 Å². The molecule has 0 unspecified atom stereocenters. The number of ether oxygens (including phenoxy) is 2. The van der Waals surface area contributed by atoms with Crippen LogP contribution in [-0.2, 0) is 9.47 Å². The average molecular weight is 516 g/mol. The fraction of sp³-hybridized carbons (Fsp3) is 0.538. The maximum Gasteiger partial charge on any atom is 0.407 e. The molecule has 2 aliphatic rings. The summed E-state index contributed by atoms with van der Waals surface area (Å²) in [6.45, 7) is 7.86. The molecular formula is C26H34ClN5O4. The van der Waals surface area contributed by atoms with Crippen LogP contribution in [-0.4, -0.2) is 70.9 Å². The highest BCUT2D eigenvalue weighted by Crippen LogP contribution is 2.31. The molecule has 0 atom stereocenters. The standard InChI is InChI=1S/C26H34ClN5O4/c1-26(2,3)36-25(34)31-19-7-5-18(6-8-19)30-22-14-23(27)29-16-20(22)21-9-4-17(15-28-21)24(33)32-10-12-35-13-11-32/h4,9,14-16,18-19H,5-8,10-13H2,1-3H3,(H,29,30)(H,31,34). The average Bonchev–Trinajstić information content (AvgIpc) is 2.84. The number of amides is 2. The Morgan fingerprint density at radius 3 is 2.39 bits per heavy atom. The zero-order valence-electron chi connectivity index (χ0n) is 21.1. The van der Waals surface area contributed by atoms with Gasteiger partial charge in [0, 0.05) is 48.8 Å². The number of carbonyl (C=O) groups excluding carboxylic acids is 2. The molecule has 9 nitrogen and oxygen atoms in total. The summed E-state index contributed by atoms with van der Waals surface area (Å²) in [5.41, 5.74) is 2.41. The van der Waals surface area contributed by atoms with Crippen molar-refractivity contribution in [2.24, 2.45) is 0 Å². The van der Waals surface area contributed by atoms with Crippen molar-refractivity contribution in [3.8, 4) is 11.3 Å². The predicted molar refractivity (Wildman–Crippen MR) is 138 cm³/mol. The van der Waals surface area contributed by atoms with Crippen LogP contribution < -0.4 is 10.6 Å². The minimum absolute atomic E-state index is 0.0401. The second-order valence-corrected chi connectivity index (χ2v) is 10.6. The van der Waals surface area contributed by atoms with Crippen LogP contribution in [0.3, 0.4) is 0 Å². The van der Waals surface area contributed by atoms with Gasteiger partial charge in [0.05, 0.1) is 24.5 Å². The van der Waals surface area contributed by atoms with Crippen molar-refractivity contribution in [2.45, 2.75) is 64.1 Å². The summed E-state index contributed by atoms with van der Waals surface area (Å²) in [5.74, 6) is -0.0401. The van der Waals surface area contributed by atoms with Crippen molar-refractivity contribution in [2.75, 3.05) is 31.6 Å². The predicted octanol–water partition coefficient (Wildman–Crippen LogP) is 4.52. The molecule has 3 heterocycles. The van der Waals surface area contributed by atoms with Gasteiger partial charge in [0.1, 0.15) is 10.8 Å². The largest absolute Gasteiger partial charge is 0.444 e. The van der Waals surface area contributed by atoms with E-state index in [2.05, 4.69) is 20.6 Å². The summed E-state index contributed by atoms with van der Waals surface area (Å²) in [6, 6.07) is 5.76. The normalized spacial score (nSPS) is 20.5. The van der Waals surface area contributed by atoms with Crippen LogP contribution in [0.2, 0.25) is 5.15 Å². The molecule has 2 aromatic rings. The van der Waals surface area contributed by atoms with Crippen molar-refractivity contribution >= 4 is 29.3 Å². The van der Waals surface area contributed by atoms with Crippen LogP contribution in [0.4, 0.5) is 10.5 Å². The van der Waals surface area contributed by atoms with Crippen molar-refractivity contribution in [3.63, 3.8) is 0 Å². The van der Waals surface area contributed by atoms with E-state index in [4.69, 9.17) is 21.1 Å². The molecule has 0 spiro atoms. The van der Waals surface area contributed by atoms with E-state index in [1.54, 1.807) is 29.4 Å². The van der Waals surface area contributed by atoms with Gasteiger partial charge in [-0.05, 0) is 64.7 Å². The molecule has 2 fully saturated rings. The van der Waals surface area contributed by atoms with Crippen LogP contribution in [0.15, 0.2) is 30.6 Å². The Morgan fingerprint density at radius 1 is 1.06 bits per heavy atom. The number of carbonyl (C=O) groups is 2. The number of aromatic nitrogens is 2. The number of morpholine rings is 1. The fourth-order valence-electron chi connectivity index (χ4n) is 4.46. The lowest BCUT2D eigenvalue weighted by molar-refractivity contribution is 0.0302. The zero-order chi connectivity index (χ0) is 25.7. The molecule has 1 aliphatic heterocycles. The Morgan fingerprint density at radius 2 is 1.75 bits per heavy atom. The Hall–Kier alpha value is -2.91. The Balaban J connectivity index is 1.38. The van der Waals surface area contributed by atoms with Crippen LogP contribution in [0.25, 0.3) is 11.3 Å². The van der Waals surface area contributed by atoms with E-state index in [0.717, 1.165) is 36.9 Å². The number of rotatable bonds is 5. The van der Waals surface area contributed by atoms with E-state index in [9.17, 15) is 9.59 Å². The smallest absolute Gasteiger partial charge is 0.407 e. The molecule has 0 radical (unpaired) electrons. The molecule has 36 heavy (non-hydrogen) atoms. The number of nitrogens with one attached hydrogen (secondary N) is 2. The van der Waals surface area contributed by atoms with Crippen molar-refractivity contribution in [1.29, 1.82) is 0 Å². The molecule has 4 rings (SSSR count). The first-order valence-corrected chi connectivity index (χ1v) is 12.8. The SMILES string of the molecule is CC(C)(C)OC(=O)NC1CCC(Nc2cc(Cl)ncc2-c2ccc(C(=O)N3CCOCC3)cn2)CC1. The lowest BCUT2D eigenvalue weighted by Crippen LogP contribution is -2.42. The van der Waals surface area contributed by atoms with Gasteiger partial charge in [-0.2, -0.15) is 0 Å². The second-order valence-electron chi connectivity index (χ2n) is 10.2. The van der Waals surface area contributed by atoms with E-state index in [1.165, 1.54) is 0 Å². The molecule has 1 aliphatic carbocycles. The number of hydrogen-bond donors (Lipinski definition) is 2. The molecule has 2 amide bonds. The summed E-state index contributed by atoms with van der Waals surface area (Å²) in [6.07, 6.45) is 6.42. The Bertz CT molecular complexity index is 1060. The van der Waals surface area contributed by atoms with Crippen LogP contribution in [0.1, 0.15) is 56.8 Å². The first kappa shape index (κ1) is 26.2. The molecule has 1 saturated heterocycles. The fourth-order valence-corrected chi connectivity index (χ4v) is 4.62. The Labute approximate surface area is 216 Å². The van der Waals surface area contributed by atoms with Gasteiger partial charge in [-0.1, -0.05) is 11.6 Å². The van der Waals surface area contributed by atoms with Crippen molar-refractivity contribution in [1.82, 2.24) is 20.2 Å². The van der Waals surface area contributed by atoms with Gasteiger partial charge in [0.15, 0.2) is 0 Å². The van der Waals surface area contributed by atoms with E-state index < -0.39 is 5.60 Å². The minimum atomic E-state index is -0.512. The topological polar surface area (TPSA) is 106 Å². The summed E-state index contributed by atoms with van der Waals surface area (Å²) < 4.78 is 10.7. The van der Waals surface area contributed by atoms with Crippen molar-refractivity contribution < 1.29 is 19.1 Å². The summed E-state index contributed by atoms with van der Waals surface area (Å²) in [4.78, 5) is 35.4. The van der Waals surface area contributed by atoms with Crippen LogP contribution in [0, 0.1) is 0 Å². The second kappa shape index (κ2) is 11.4.